The first-order valence-electron chi connectivity index (χ1n) is 7.21. The predicted molar refractivity (Wildman–Crippen MR) is 90.0 cm³/mol. The Kier molecular flexibility index (Phi) is 4.28. The van der Waals surface area contributed by atoms with Gasteiger partial charge in [0.05, 0.1) is 15.9 Å². The molecule has 3 rings (SSSR count). The number of para-hydroxylation sites is 1. The topological polar surface area (TPSA) is 55.0 Å². The third-order valence-corrected chi connectivity index (χ3v) is 4.84. The highest BCUT2D eigenvalue weighted by atomic mass is 127. The van der Waals surface area contributed by atoms with E-state index in [0.29, 0.717) is 10.2 Å². The summed E-state index contributed by atoms with van der Waals surface area (Å²) in [7, 11) is 0. The zero-order chi connectivity index (χ0) is 14.8. The molecule has 110 valence electrons. The molecule has 1 aliphatic heterocycles. The van der Waals surface area contributed by atoms with E-state index in [1.807, 2.05) is 18.2 Å². The molecule has 0 saturated carbocycles. The molecule has 1 unspecified atom stereocenters. The Morgan fingerprint density at radius 1 is 1.43 bits per heavy atom. The van der Waals surface area contributed by atoms with Gasteiger partial charge in [0, 0.05) is 11.5 Å². The molecule has 4 nitrogen and oxygen atoms in total. The van der Waals surface area contributed by atoms with Crippen molar-refractivity contribution in [2.24, 2.45) is 0 Å². The fourth-order valence-electron chi connectivity index (χ4n) is 2.72. The minimum absolute atomic E-state index is 0.0342. The molecule has 1 atom stereocenters. The third kappa shape index (κ3) is 2.84. The highest BCUT2D eigenvalue weighted by molar-refractivity contribution is 14.1. The lowest BCUT2D eigenvalue weighted by Crippen LogP contribution is -2.23. The van der Waals surface area contributed by atoms with Gasteiger partial charge in [-0.05, 0) is 41.5 Å². The first-order chi connectivity index (χ1) is 10.2. The first kappa shape index (κ1) is 14.6. The van der Waals surface area contributed by atoms with Gasteiger partial charge in [0.1, 0.15) is 11.6 Å². The summed E-state index contributed by atoms with van der Waals surface area (Å²) in [6, 6.07) is 7.99. The first-order valence-corrected chi connectivity index (χ1v) is 8.29. The molecule has 1 aromatic heterocycles. The molecule has 1 aliphatic rings. The summed E-state index contributed by atoms with van der Waals surface area (Å²) in [5.41, 5.74) is 1.98. The zero-order valence-corrected chi connectivity index (χ0v) is 14.0. The molecule has 2 heterocycles. The van der Waals surface area contributed by atoms with Crippen LogP contribution in [0.5, 0.6) is 5.75 Å². The molecule has 0 spiro atoms. The Labute approximate surface area is 137 Å². The van der Waals surface area contributed by atoms with Gasteiger partial charge in [0.15, 0.2) is 0 Å². The van der Waals surface area contributed by atoms with Gasteiger partial charge < -0.3 is 9.72 Å². The number of aryl methyl sites for hydroxylation is 1. The maximum absolute atomic E-state index is 12.2. The van der Waals surface area contributed by atoms with Gasteiger partial charge in [0.25, 0.3) is 5.56 Å². The Morgan fingerprint density at radius 2 is 2.24 bits per heavy atom. The number of nitrogens with zero attached hydrogens (tertiary/aromatic N) is 1. The molecule has 0 bridgehead atoms. The number of rotatable bonds is 3. The molecule has 0 amide bonds. The lowest BCUT2D eigenvalue weighted by atomic mass is 9.92. The van der Waals surface area contributed by atoms with Crippen molar-refractivity contribution in [3.63, 3.8) is 0 Å². The molecule has 2 aromatic rings. The largest absolute Gasteiger partial charge is 0.493 e. The van der Waals surface area contributed by atoms with E-state index in [4.69, 9.17) is 9.72 Å². The van der Waals surface area contributed by atoms with Crippen LogP contribution < -0.4 is 10.3 Å². The quantitative estimate of drug-likeness (QED) is 0.811. The standard InChI is InChI=1S/C16H17IN2O2/c1-2-5-12-14(17)16(20)19-15(18-12)11-8-9-21-13-7-4-3-6-10(11)13/h3-4,6-7,11H,2,5,8-9H2,1H3,(H,18,19,20). The molecule has 1 aromatic carbocycles. The van der Waals surface area contributed by atoms with E-state index >= 15 is 0 Å². The number of ether oxygens (including phenoxy) is 1. The minimum atomic E-state index is -0.0342. The van der Waals surface area contributed by atoms with Crippen LogP contribution in [0.2, 0.25) is 0 Å². The summed E-state index contributed by atoms with van der Waals surface area (Å²) in [6.07, 6.45) is 2.66. The number of nitrogens with one attached hydrogen (secondary N) is 1. The number of aromatic nitrogens is 2. The van der Waals surface area contributed by atoms with Gasteiger partial charge in [-0.25, -0.2) is 4.98 Å². The average molecular weight is 396 g/mol. The molecule has 0 radical (unpaired) electrons. The Morgan fingerprint density at radius 3 is 3.05 bits per heavy atom. The van der Waals surface area contributed by atoms with Gasteiger partial charge >= 0.3 is 0 Å². The Bertz CT molecular complexity index is 712. The molecule has 0 aliphatic carbocycles. The van der Waals surface area contributed by atoms with Crippen LogP contribution in [-0.4, -0.2) is 16.6 Å². The lowest BCUT2D eigenvalue weighted by Gasteiger charge is -2.25. The van der Waals surface area contributed by atoms with Gasteiger partial charge in [-0.15, -0.1) is 0 Å². The summed E-state index contributed by atoms with van der Waals surface area (Å²) in [5.74, 6) is 1.77. The second-order valence-electron chi connectivity index (χ2n) is 5.19. The lowest BCUT2D eigenvalue weighted by molar-refractivity contribution is 0.274. The summed E-state index contributed by atoms with van der Waals surface area (Å²) >= 11 is 2.08. The van der Waals surface area contributed by atoms with Crippen molar-refractivity contribution >= 4 is 22.6 Å². The van der Waals surface area contributed by atoms with E-state index in [0.717, 1.165) is 42.1 Å². The molecule has 1 N–H and O–H groups in total. The summed E-state index contributed by atoms with van der Waals surface area (Å²) in [5, 5.41) is 0. The number of fused-ring (bicyclic) bond motifs is 1. The van der Waals surface area contributed by atoms with Crippen molar-refractivity contribution < 1.29 is 4.74 Å². The van der Waals surface area contributed by atoms with E-state index in [2.05, 4.69) is 40.6 Å². The molecular formula is C16H17IN2O2. The third-order valence-electron chi connectivity index (χ3n) is 3.73. The molecule has 21 heavy (non-hydrogen) atoms. The SMILES string of the molecule is CCCc1nc(C2CCOc3ccccc32)[nH]c(=O)c1I. The number of benzene rings is 1. The fraction of sp³-hybridized carbons (Fsp3) is 0.375. The zero-order valence-electron chi connectivity index (χ0n) is 11.9. The smallest absolute Gasteiger partial charge is 0.264 e. The van der Waals surface area contributed by atoms with Crippen molar-refractivity contribution in [2.75, 3.05) is 6.61 Å². The van der Waals surface area contributed by atoms with Crippen molar-refractivity contribution in [3.8, 4) is 5.75 Å². The van der Waals surface area contributed by atoms with Crippen molar-refractivity contribution in [1.82, 2.24) is 9.97 Å². The highest BCUT2D eigenvalue weighted by Gasteiger charge is 2.25. The van der Waals surface area contributed by atoms with Crippen molar-refractivity contribution in [2.45, 2.75) is 32.1 Å². The summed E-state index contributed by atoms with van der Waals surface area (Å²) < 4.78 is 6.39. The van der Waals surface area contributed by atoms with Crippen LogP contribution in [0.15, 0.2) is 29.1 Å². The van der Waals surface area contributed by atoms with Crippen molar-refractivity contribution in [3.05, 3.63) is 55.3 Å². The van der Waals surface area contributed by atoms with Crippen LogP contribution in [0.1, 0.15) is 42.8 Å². The molecule has 0 fully saturated rings. The monoisotopic (exact) mass is 396 g/mol. The molecule has 5 heteroatoms. The second-order valence-corrected chi connectivity index (χ2v) is 6.27. The number of hydrogen-bond donors (Lipinski definition) is 1. The summed E-state index contributed by atoms with van der Waals surface area (Å²) in [6.45, 7) is 2.75. The maximum atomic E-state index is 12.2. The van der Waals surface area contributed by atoms with Crippen LogP contribution in [0.25, 0.3) is 0 Å². The highest BCUT2D eigenvalue weighted by Crippen LogP contribution is 2.36. The van der Waals surface area contributed by atoms with Crippen molar-refractivity contribution in [1.29, 1.82) is 0 Å². The maximum Gasteiger partial charge on any atom is 0.264 e. The Balaban J connectivity index is 2.08. The van der Waals surface area contributed by atoms with Crippen LogP contribution in [0.3, 0.4) is 0 Å². The summed E-state index contributed by atoms with van der Waals surface area (Å²) in [4.78, 5) is 19.8. The molecule has 0 saturated heterocycles. The average Bonchev–Trinajstić information content (AvgIpc) is 2.51. The van der Waals surface area contributed by atoms with Crippen LogP contribution in [0.4, 0.5) is 0 Å². The molecular weight excluding hydrogens is 379 g/mol. The van der Waals surface area contributed by atoms with E-state index in [-0.39, 0.29) is 11.5 Å². The number of aromatic amines is 1. The van der Waals surface area contributed by atoms with Crippen LogP contribution >= 0.6 is 22.6 Å². The van der Waals surface area contributed by atoms with E-state index in [1.165, 1.54) is 0 Å². The minimum Gasteiger partial charge on any atom is -0.493 e. The van der Waals surface area contributed by atoms with E-state index in [1.54, 1.807) is 0 Å². The van der Waals surface area contributed by atoms with E-state index in [9.17, 15) is 4.79 Å². The number of H-pyrrole nitrogens is 1. The van der Waals surface area contributed by atoms with Crippen LogP contribution in [-0.2, 0) is 6.42 Å². The van der Waals surface area contributed by atoms with E-state index < -0.39 is 0 Å². The predicted octanol–water partition coefficient (Wildman–Crippen LogP) is 3.24. The number of halogens is 1. The fourth-order valence-corrected chi connectivity index (χ4v) is 3.24. The Hall–Kier alpha value is -1.37. The van der Waals surface area contributed by atoms with Gasteiger partial charge in [-0.1, -0.05) is 31.5 Å². The van der Waals surface area contributed by atoms with Gasteiger partial charge in [-0.3, -0.25) is 4.79 Å². The van der Waals surface area contributed by atoms with Gasteiger partial charge in [-0.2, -0.15) is 0 Å². The second kappa shape index (κ2) is 6.17. The number of hydrogen-bond acceptors (Lipinski definition) is 3. The van der Waals surface area contributed by atoms with Gasteiger partial charge in [0.2, 0.25) is 0 Å². The normalized spacial score (nSPS) is 17.1. The van der Waals surface area contributed by atoms with Crippen LogP contribution in [0, 0.1) is 3.57 Å².